The number of methoxy groups -OCH3 is 1. The van der Waals surface area contributed by atoms with Gasteiger partial charge in [0.15, 0.2) is 5.82 Å². The van der Waals surface area contributed by atoms with Crippen LogP contribution in [0.2, 0.25) is 0 Å². The van der Waals surface area contributed by atoms with Crippen molar-refractivity contribution in [2.75, 3.05) is 39.3 Å². The van der Waals surface area contributed by atoms with Gasteiger partial charge >= 0.3 is 0 Å². The number of aromatic nitrogens is 2. The van der Waals surface area contributed by atoms with E-state index in [0.717, 1.165) is 33.7 Å². The lowest BCUT2D eigenvalue weighted by atomic mass is 9.92. The van der Waals surface area contributed by atoms with Crippen molar-refractivity contribution < 1.29 is 14.2 Å². The summed E-state index contributed by atoms with van der Waals surface area (Å²) in [4.78, 5) is 9.40. The number of halogens is 1. The molecule has 1 fully saturated rings. The summed E-state index contributed by atoms with van der Waals surface area (Å²) >= 11 is 2.24. The summed E-state index contributed by atoms with van der Waals surface area (Å²) < 4.78 is 17.8. The third kappa shape index (κ3) is 3.64. The van der Waals surface area contributed by atoms with Crippen LogP contribution < -0.4 is 5.32 Å². The Labute approximate surface area is 139 Å². The Morgan fingerprint density at radius 1 is 1.33 bits per heavy atom. The standard InChI is InChI=1S/C14H22IN3O3/c1-4-21-14(5-7-20-8-6-14)13-17-10(9-19-3)11(15)12(16-2)18-13/h4-9H2,1-3H3,(H,16,17,18). The molecule has 6 nitrogen and oxygen atoms in total. The molecule has 1 aromatic heterocycles. The Balaban J connectivity index is 2.46. The Bertz CT molecular complexity index is 473. The van der Waals surface area contributed by atoms with Gasteiger partial charge in [0.2, 0.25) is 0 Å². The van der Waals surface area contributed by atoms with Crippen molar-refractivity contribution in [3.05, 3.63) is 15.1 Å². The van der Waals surface area contributed by atoms with E-state index >= 15 is 0 Å². The minimum Gasteiger partial charge on any atom is -0.381 e. The summed E-state index contributed by atoms with van der Waals surface area (Å²) in [7, 11) is 3.53. The molecule has 0 radical (unpaired) electrons. The summed E-state index contributed by atoms with van der Waals surface area (Å²) in [6.45, 7) is 4.43. The number of hydrogen-bond donors (Lipinski definition) is 1. The molecule has 0 spiro atoms. The molecule has 0 aliphatic carbocycles. The highest BCUT2D eigenvalue weighted by molar-refractivity contribution is 14.1. The first-order chi connectivity index (χ1) is 10.2. The van der Waals surface area contributed by atoms with Gasteiger partial charge in [-0.15, -0.1) is 0 Å². The number of ether oxygens (including phenoxy) is 3. The average molecular weight is 407 g/mol. The van der Waals surface area contributed by atoms with E-state index < -0.39 is 5.60 Å². The quantitative estimate of drug-likeness (QED) is 0.731. The van der Waals surface area contributed by atoms with E-state index in [4.69, 9.17) is 19.2 Å². The van der Waals surface area contributed by atoms with Crippen LogP contribution in [0, 0.1) is 3.57 Å². The van der Waals surface area contributed by atoms with Gasteiger partial charge < -0.3 is 19.5 Å². The summed E-state index contributed by atoms with van der Waals surface area (Å²) in [5.74, 6) is 1.54. The lowest BCUT2D eigenvalue weighted by molar-refractivity contribution is -0.118. The van der Waals surface area contributed by atoms with Gasteiger partial charge in [0, 0.05) is 46.8 Å². The summed E-state index contributed by atoms with van der Waals surface area (Å²) in [5, 5.41) is 3.13. The molecule has 1 saturated heterocycles. The van der Waals surface area contributed by atoms with E-state index in [1.807, 2.05) is 14.0 Å². The molecule has 1 aliphatic rings. The van der Waals surface area contributed by atoms with E-state index in [2.05, 4.69) is 32.9 Å². The van der Waals surface area contributed by atoms with Crippen molar-refractivity contribution in [3.63, 3.8) is 0 Å². The number of anilines is 1. The third-order valence-electron chi connectivity index (χ3n) is 3.57. The van der Waals surface area contributed by atoms with Crippen LogP contribution in [0.3, 0.4) is 0 Å². The highest BCUT2D eigenvalue weighted by atomic mass is 127. The second-order valence-corrected chi connectivity index (χ2v) is 5.96. The van der Waals surface area contributed by atoms with Crippen LogP contribution in [0.25, 0.3) is 0 Å². The normalized spacial score (nSPS) is 17.7. The molecule has 0 unspecified atom stereocenters. The number of hydrogen-bond acceptors (Lipinski definition) is 6. The van der Waals surface area contributed by atoms with Crippen molar-refractivity contribution >= 4 is 28.4 Å². The first-order valence-corrected chi connectivity index (χ1v) is 8.20. The smallest absolute Gasteiger partial charge is 0.163 e. The fourth-order valence-corrected chi connectivity index (χ4v) is 3.17. The van der Waals surface area contributed by atoms with Crippen LogP contribution in [0.1, 0.15) is 31.3 Å². The van der Waals surface area contributed by atoms with Crippen molar-refractivity contribution in [1.29, 1.82) is 0 Å². The molecule has 1 N–H and O–H groups in total. The largest absolute Gasteiger partial charge is 0.381 e. The van der Waals surface area contributed by atoms with E-state index in [1.54, 1.807) is 7.11 Å². The number of nitrogens with one attached hydrogen (secondary N) is 1. The van der Waals surface area contributed by atoms with Gasteiger partial charge in [-0.05, 0) is 29.5 Å². The molecule has 0 aromatic carbocycles. The third-order valence-corrected chi connectivity index (χ3v) is 4.70. The van der Waals surface area contributed by atoms with Gasteiger partial charge in [0.25, 0.3) is 0 Å². The predicted octanol–water partition coefficient (Wildman–Crippen LogP) is 2.31. The van der Waals surface area contributed by atoms with Crippen molar-refractivity contribution in [2.24, 2.45) is 0 Å². The van der Waals surface area contributed by atoms with Crippen molar-refractivity contribution in [1.82, 2.24) is 9.97 Å². The molecule has 118 valence electrons. The molecule has 21 heavy (non-hydrogen) atoms. The van der Waals surface area contributed by atoms with Crippen LogP contribution in [0.5, 0.6) is 0 Å². The maximum atomic E-state index is 6.05. The van der Waals surface area contributed by atoms with Gasteiger partial charge in [-0.25, -0.2) is 9.97 Å². The molecule has 2 heterocycles. The second kappa shape index (κ2) is 7.66. The lowest BCUT2D eigenvalue weighted by Crippen LogP contribution is -2.39. The Morgan fingerprint density at radius 2 is 2.05 bits per heavy atom. The average Bonchev–Trinajstić information content (AvgIpc) is 2.50. The van der Waals surface area contributed by atoms with Crippen LogP contribution in [0.4, 0.5) is 5.82 Å². The maximum Gasteiger partial charge on any atom is 0.163 e. The Kier molecular flexibility index (Phi) is 6.15. The lowest BCUT2D eigenvalue weighted by Gasteiger charge is -2.35. The minimum atomic E-state index is -0.453. The van der Waals surface area contributed by atoms with Crippen LogP contribution in [0.15, 0.2) is 0 Å². The van der Waals surface area contributed by atoms with E-state index in [0.29, 0.717) is 26.4 Å². The zero-order valence-corrected chi connectivity index (χ0v) is 14.9. The molecule has 0 saturated carbocycles. The molecule has 1 aliphatic heterocycles. The molecular weight excluding hydrogens is 385 g/mol. The zero-order chi connectivity index (χ0) is 15.3. The van der Waals surface area contributed by atoms with Crippen LogP contribution in [-0.4, -0.2) is 43.9 Å². The van der Waals surface area contributed by atoms with Crippen molar-refractivity contribution in [3.8, 4) is 0 Å². The number of nitrogens with zero attached hydrogens (tertiary/aromatic N) is 2. The predicted molar refractivity (Wildman–Crippen MR) is 88.4 cm³/mol. The van der Waals surface area contributed by atoms with Crippen LogP contribution >= 0.6 is 22.6 Å². The topological polar surface area (TPSA) is 65.5 Å². The number of rotatable bonds is 6. The summed E-state index contributed by atoms with van der Waals surface area (Å²) in [6, 6.07) is 0. The molecule has 1 aromatic rings. The Morgan fingerprint density at radius 3 is 2.62 bits per heavy atom. The van der Waals surface area contributed by atoms with E-state index in [-0.39, 0.29) is 0 Å². The van der Waals surface area contributed by atoms with Crippen LogP contribution in [-0.2, 0) is 26.4 Å². The molecule has 7 heteroatoms. The van der Waals surface area contributed by atoms with Gasteiger partial charge in [-0.1, -0.05) is 0 Å². The SMILES string of the molecule is CCOC1(c2nc(COC)c(I)c(NC)n2)CCOCC1. The maximum absolute atomic E-state index is 6.05. The molecule has 2 rings (SSSR count). The van der Waals surface area contributed by atoms with Gasteiger partial charge in [-0.3, -0.25) is 0 Å². The van der Waals surface area contributed by atoms with Gasteiger partial charge in [-0.2, -0.15) is 0 Å². The highest BCUT2D eigenvalue weighted by Gasteiger charge is 2.39. The summed E-state index contributed by atoms with van der Waals surface area (Å²) in [5.41, 5.74) is 0.434. The first-order valence-electron chi connectivity index (χ1n) is 7.12. The molecule has 0 atom stereocenters. The summed E-state index contributed by atoms with van der Waals surface area (Å²) in [6.07, 6.45) is 1.55. The molecular formula is C14H22IN3O3. The van der Waals surface area contributed by atoms with Gasteiger partial charge in [0.1, 0.15) is 11.4 Å². The fourth-order valence-electron chi connectivity index (χ4n) is 2.51. The minimum absolute atomic E-state index is 0.453. The van der Waals surface area contributed by atoms with Crippen molar-refractivity contribution in [2.45, 2.75) is 32.0 Å². The monoisotopic (exact) mass is 407 g/mol. The molecule has 0 bridgehead atoms. The fraction of sp³-hybridized carbons (Fsp3) is 0.714. The van der Waals surface area contributed by atoms with E-state index in [1.165, 1.54) is 0 Å². The second-order valence-electron chi connectivity index (χ2n) is 4.88. The van der Waals surface area contributed by atoms with E-state index in [9.17, 15) is 0 Å². The zero-order valence-electron chi connectivity index (χ0n) is 12.7. The molecule has 0 amide bonds. The van der Waals surface area contributed by atoms with Gasteiger partial charge in [0.05, 0.1) is 15.9 Å². The Hall–Kier alpha value is -0.510. The highest BCUT2D eigenvalue weighted by Crippen LogP contribution is 2.35. The first kappa shape index (κ1) is 16.9.